The number of rotatable bonds is 7. The summed E-state index contributed by atoms with van der Waals surface area (Å²) in [5.74, 6) is -2.25. The molecule has 0 atom stereocenters. The van der Waals surface area contributed by atoms with E-state index in [9.17, 15) is 31.5 Å². The van der Waals surface area contributed by atoms with Crippen molar-refractivity contribution in [1.82, 2.24) is 14.7 Å². The van der Waals surface area contributed by atoms with Crippen molar-refractivity contribution < 1.29 is 45.8 Å². The molecule has 0 spiro atoms. The number of aromatic nitrogens is 2. The maximum Gasteiger partial charge on any atom is 0.490 e. The number of sulfonamides is 1. The molecule has 0 bridgehead atoms. The van der Waals surface area contributed by atoms with Gasteiger partial charge in [-0.05, 0) is 25.0 Å². The van der Waals surface area contributed by atoms with Crippen LogP contribution in [-0.2, 0) is 32.6 Å². The number of alkyl halides is 3. The van der Waals surface area contributed by atoms with Crippen LogP contribution in [0.3, 0.4) is 0 Å². The van der Waals surface area contributed by atoms with Gasteiger partial charge in [-0.15, -0.1) is 11.3 Å². The molecule has 0 aromatic carbocycles. The number of pyridine rings is 1. The number of aryl methyl sites for hydroxylation is 1. The predicted octanol–water partition coefficient (Wildman–Crippen LogP) is 4.51. The monoisotopic (exact) mass is 658 g/mol. The molecule has 4 heterocycles. The summed E-state index contributed by atoms with van der Waals surface area (Å²) in [6.45, 7) is 2.51. The van der Waals surface area contributed by atoms with Crippen molar-refractivity contribution in [2.45, 2.75) is 43.2 Å². The van der Waals surface area contributed by atoms with Crippen LogP contribution in [0.4, 0.5) is 19.0 Å². The lowest BCUT2D eigenvalue weighted by Crippen LogP contribution is -2.42. The van der Waals surface area contributed by atoms with Gasteiger partial charge in [0.2, 0.25) is 11.8 Å². The third kappa shape index (κ3) is 8.09. The summed E-state index contributed by atoms with van der Waals surface area (Å²) in [5.41, 5.74) is 0.973. The summed E-state index contributed by atoms with van der Waals surface area (Å²) in [4.78, 5) is 32.1. The normalized spacial score (nSPS) is 14.4. The van der Waals surface area contributed by atoms with Gasteiger partial charge in [0.15, 0.2) is 0 Å². The maximum absolute atomic E-state index is 12.6. The number of aliphatic hydroxyl groups is 1. The number of amides is 1. The molecule has 4 rings (SSSR count). The predicted molar refractivity (Wildman–Crippen MR) is 143 cm³/mol. The Labute approximate surface area is 246 Å². The number of anilines is 1. The minimum absolute atomic E-state index is 0.00649. The Morgan fingerprint density at radius 2 is 1.83 bits per heavy atom. The second kappa shape index (κ2) is 13.4. The van der Waals surface area contributed by atoms with E-state index in [4.69, 9.17) is 37.5 Å². The van der Waals surface area contributed by atoms with E-state index in [0.717, 1.165) is 11.3 Å². The van der Waals surface area contributed by atoms with Crippen molar-refractivity contribution >= 4 is 62.3 Å². The topological polar surface area (TPSA) is 163 Å². The van der Waals surface area contributed by atoms with Crippen LogP contribution >= 0.6 is 34.5 Å². The third-order valence-electron chi connectivity index (χ3n) is 5.85. The zero-order valence-electron chi connectivity index (χ0n) is 21.1. The molecular weight excluding hydrogens is 636 g/mol. The molecule has 1 aliphatic rings. The number of nitrogens with zero attached hydrogens (tertiary/aromatic N) is 3. The van der Waals surface area contributed by atoms with Crippen LogP contribution in [0.1, 0.15) is 31.1 Å². The van der Waals surface area contributed by atoms with Crippen LogP contribution in [0.25, 0.3) is 11.5 Å². The van der Waals surface area contributed by atoms with E-state index in [1.165, 1.54) is 12.1 Å². The Kier molecular flexibility index (Phi) is 10.6. The fourth-order valence-electron chi connectivity index (χ4n) is 3.73. The van der Waals surface area contributed by atoms with Crippen LogP contribution in [0, 0.1) is 5.92 Å². The van der Waals surface area contributed by atoms with Crippen LogP contribution in [0.15, 0.2) is 33.2 Å². The van der Waals surface area contributed by atoms with E-state index < -0.39 is 34.0 Å². The highest BCUT2D eigenvalue weighted by Crippen LogP contribution is 2.36. The number of hydrogen-bond acceptors (Lipinski definition) is 10. The molecule has 3 N–H and O–H groups in total. The summed E-state index contributed by atoms with van der Waals surface area (Å²) < 4.78 is 64.7. The number of aliphatic carboxylic acids is 1. The molecule has 1 saturated heterocycles. The quantitative estimate of drug-likeness (QED) is 0.329. The first kappa shape index (κ1) is 32.6. The van der Waals surface area contributed by atoms with Crippen molar-refractivity contribution in [2.24, 2.45) is 5.92 Å². The Balaban J connectivity index is 0.000000587. The molecule has 1 aliphatic heterocycles. The van der Waals surface area contributed by atoms with E-state index in [-0.39, 0.29) is 15.8 Å². The number of thiophene rings is 1. The first-order valence-electron chi connectivity index (χ1n) is 11.8. The van der Waals surface area contributed by atoms with Crippen molar-refractivity contribution in [3.05, 3.63) is 45.2 Å². The van der Waals surface area contributed by atoms with Crippen molar-refractivity contribution in [2.75, 3.05) is 18.0 Å². The van der Waals surface area contributed by atoms with E-state index in [0.29, 0.717) is 65.3 Å². The maximum atomic E-state index is 12.6. The van der Waals surface area contributed by atoms with Crippen LogP contribution < -0.4 is 9.62 Å². The second-order valence-electron chi connectivity index (χ2n) is 8.52. The average Bonchev–Trinajstić information content (AvgIpc) is 3.58. The molecule has 18 heteroatoms. The molecular formula is C23H23Cl2F3N4O7S2. The Bertz CT molecular complexity index is 1500. The molecule has 0 unspecified atom stereocenters. The zero-order chi connectivity index (χ0) is 30.5. The van der Waals surface area contributed by atoms with Crippen LogP contribution in [0.5, 0.6) is 0 Å². The van der Waals surface area contributed by atoms with Gasteiger partial charge in [0.1, 0.15) is 15.8 Å². The second-order valence-corrected chi connectivity index (χ2v) is 12.5. The lowest BCUT2D eigenvalue weighted by molar-refractivity contribution is -0.192. The fraction of sp³-hybridized carbons (Fsp3) is 0.391. The van der Waals surface area contributed by atoms with E-state index in [1.807, 2.05) is 11.8 Å². The largest absolute Gasteiger partial charge is 0.490 e. The van der Waals surface area contributed by atoms with Gasteiger partial charge in [-0.2, -0.15) is 13.2 Å². The Morgan fingerprint density at radius 1 is 1.20 bits per heavy atom. The third-order valence-corrected chi connectivity index (χ3v) is 9.32. The van der Waals surface area contributed by atoms with Gasteiger partial charge in [-0.25, -0.2) is 27.9 Å². The van der Waals surface area contributed by atoms with Crippen LogP contribution in [0.2, 0.25) is 9.36 Å². The molecule has 3 aromatic heterocycles. The number of nitrogens with one attached hydrogen (secondary N) is 1. The average molecular weight is 659 g/mol. The zero-order valence-corrected chi connectivity index (χ0v) is 24.3. The first-order valence-corrected chi connectivity index (χ1v) is 14.8. The lowest BCUT2D eigenvalue weighted by Gasteiger charge is -2.33. The molecule has 0 saturated carbocycles. The molecule has 11 nitrogen and oxygen atoms in total. The minimum Gasteiger partial charge on any atom is -0.475 e. The molecule has 0 aliphatic carbocycles. The van der Waals surface area contributed by atoms with E-state index in [2.05, 4.69) is 14.7 Å². The fourth-order valence-corrected chi connectivity index (χ4v) is 6.59. The van der Waals surface area contributed by atoms with Gasteiger partial charge >= 0.3 is 12.1 Å². The number of carbonyl (C=O) groups is 2. The molecule has 1 fully saturated rings. The summed E-state index contributed by atoms with van der Waals surface area (Å²) in [5, 5.41) is 17.4. The number of halogens is 5. The number of oxazole rings is 1. The van der Waals surface area contributed by atoms with Crippen molar-refractivity contribution in [3.8, 4) is 11.5 Å². The number of carboxylic acid groups (broad SMARTS) is 1. The first-order chi connectivity index (χ1) is 19.2. The minimum atomic E-state index is -5.08. The van der Waals surface area contributed by atoms with E-state index >= 15 is 0 Å². The number of piperidine rings is 1. The standard InChI is InChI=1S/C21H22Cl2N4O5S2.C2HF3O2/c1-2-13-9-25-21(32-13)14-10-24-19(18(23)15(14)11-28)27-7-5-12(6-8-27)20(29)26-34(30,31)17-4-3-16(22)33-17;3-2(4,5)1(6)7/h3-4,9-10,12,28H,2,5-8,11H2,1H3,(H,26,29);(H,6,7). The number of carbonyl (C=O) groups excluding carboxylic acids is 1. The summed E-state index contributed by atoms with van der Waals surface area (Å²) in [7, 11) is -3.96. The SMILES string of the molecule is CCc1cnc(-c2cnc(N3CCC(C(=O)NS(=O)(=O)c4ccc(Cl)s4)CC3)c(Cl)c2CO)o1.O=C(O)C(F)(F)F. The van der Waals surface area contributed by atoms with Gasteiger partial charge in [-0.1, -0.05) is 30.1 Å². The van der Waals surface area contributed by atoms with Crippen molar-refractivity contribution in [3.63, 3.8) is 0 Å². The molecule has 224 valence electrons. The van der Waals surface area contributed by atoms with E-state index in [1.54, 1.807) is 12.4 Å². The Morgan fingerprint density at radius 3 is 2.32 bits per heavy atom. The smallest absolute Gasteiger partial charge is 0.475 e. The van der Waals surface area contributed by atoms with Gasteiger partial charge in [0, 0.05) is 37.2 Å². The highest BCUT2D eigenvalue weighted by atomic mass is 35.5. The number of carboxylic acids is 1. The summed E-state index contributed by atoms with van der Waals surface area (Å²) in [6.07, 6.45) is -0.372. The molecule has 41 heavy (non-hydrogen) atoms. The summed E-state index contributed by atoms with van der Waals surface area (Å²) in [6, 6.07) is 2.83. The van der Waals surface area contributed by atoms with Gasteiger partial charge in [0.25, 0.3) is 10.0 Å². The summed E-state index contributed by atoms with van der Waals surface area (Å²) >= 11 is 13.3. The van der Waals surface area contributed by atoms with Gasteiger partial charge in [0.05, 0.1) is 27.7 Å². The number of hydrogen-bond donors (Lipinski definition) is 3. The van der Waals surface area contributed by atoms with Gasteiger partial charge < -0.3 is 19.5 Å². The lowest BCUT2D eigenvalue weighted by atomic mass is 9.96. The number of aliphatic hydroxyl groups excluding tert-OH is 1. The molecule has 0 radical (unpaired) electrons. The van der Waals surface area contributed by atoms with Crippen molar-refractivity contribution in [1.29, 1.82) is 0 Å². The highest BCUT2D eigenvalue weighted by molar-refractivity contribution is 7.92. The Hall–Kier alpha value is -2.92. The molecule has 1 amide bonds. The van der Waals surface area contributed by atoms with Gasteiger partial charge in [-0.3, -0.25) is 4.79 Å². The highest BCUT2D eigenvalue weighted by Gasteiger charge is 2.38. The molecule has 3 aromatic rings. The van der Waals surface area contributed by atoms with Crippen LogP contribution in [-0.4, -0.2) is 59.7 Å².